The van der Waals surface area contributed by atoms with E-state index in [0.717, 1.165) is 41.7 Å². The molecule has 0 radical (unpaired) electrons. The minimum Gasteiger partial charge on any atom is -0.368 e. The van der Waals surface area contributed by atoms with E-state index in [9.17, 15) is 0 Å². The largest absolute Gasteiger partial charge is 0.368 e. The fourth-order valence-corrected chi connectivity index (χ4v) is 2.84. The lowest BCUT2D eigenvalue weighted by molar-refractivity contribution is 0.585. The fraction of sp³-hybridized carbons (Fsp3) is 0.312. The van der Waals surface area contributed by atoms with E-state index in [1.165, 1.54) is 5.56 Å². The van der Waals surface area contributed by atoms with E-state index < -0.39 is 0 Å². The topological polar surface area (TPSA) is 69.6 Å². The Labute approximate surface area is 135 Å². The van der Waals surface area contributed by atoms with Crippen molar-refractivity contribution < 1.29 is 0 Å². The van der Waals surface area contributed by atoms with Crippen molar-refractivity contribution in [2.45, 2.75) is 38.3 Å². The van der Waals surface area contributed by atoms with Crippen LogP contribution in [0.2, 0.25) is 0 Å². The van der Waals surface area contributed by atoms with Gasteiger partial charge in [0.15, 0.2) is 5.65 Å². The van der Waals surface area contributed by atoms with Gasteiger partial charge in [-0.25, -0.2) is 9.67 Å². The SMILES string of the molecule is CCCCn1nc(-c2cccc(C)c2)c2c(S)nc(N)nc21. The number of aromatic nitrogens is 4. The van der Waals surface area contributed by atoms with Gasteiger partial charge in [0.25, 0.3) is 0 Å². The zero-order valence-corrected chi connectivity index (χ0v) is 13.6. The molecule has 114 valence electrons. The van der Waals surface area contributed by atoms with Crippen molar-refractivity contribution in [3.05, 3.63) is 29.8 Å². The van der Waals surface area contributed by atoms with E-state index >= 15 is 0 Å². The van der Waals surface area contributed by atoms with E-state index in [1.807, 2.05) is 16.8 Å². The number of hydrogen-bond acceptors (Lipinski definition) is 5. The van der Waals surface area contributed by atoms with Crippen molar-refractivity contribution >= 4 is 29.6 Å². The Hall–Kier alpha value is -2.08. The van der Waals surface area contributed by atoms with Crippen LogP contribution in [0.5, 0.6) is 0 Å². The number of unbranched alkanes of at least 4 members (excludes halogenated alkanes) is 1. The average Bonchev–Trinajstić information content (AvgIpc) is 2.84. The summed E-state index contributed by atoms with van der Waals surface area (Å²) in [7, 11) is 0. The van der Waals surface area contributed by atoms with E-state index in [2.05, 4.69) is 48.6 Å². The van der Waals surface area contributed by atoms with Gasteiger partial charge < -0.3 is 5.73 Å². The lowest BCUT2D eigenvalue weighted by Gasteiger charge is -2.02. The molecule has 0 aliphatic carbocycles. The molecule has 0 bridgehead atoms. The standard InChI is InChI=1S/C16H19N5S/c1-3-4-8-21-14-12(15(22)19-16(17)18-14)13(20-21)11-7-5-6-10(2)9-11/h5-7,9H,3-4,8H2,1-2H3,(H3,17,18,19,22). The molecule has 2 N–H and O–H groups in total. The zero-order chi connectivity index (χ0) is 15.7. The van der Waals surface area contributed by atoms with Gasteiger partial charge in [-0.1, -0.05) is 37.1 Å². The third kappa shape index (κ3) is 2.66. The highest BCUT2D eigenvalue weighted by atomic mass is 32.1. The molecular formula is C16H19N5S. The van der Waals surface area contributed by atoms with Crippen LogP contribution in [-0.4, -0.2) is 19.7 Å². The van der Waals surface area contributed by atoms with Gasteiger partial charge in [0, 0.05) is 12.1 Å². The molecule has 2 heterocycles. The molecule has 0 spiro atoms. The lowest BCUT2D eigenvalue weighted by atomic mass is 10.1. The molecule has 0 aliphatic rings. The van der Waals surface area contributed by atoms with Crippen molar-refractivity contribution in [1.29, 1.82) is 0 Å². The molecule has 5 nitrogen and oxygen atoms in total. The van der Waals surface area contributed by atoms with Crippen LogP contribution in [0, 0.1) is 6.92 Å². The smallest absolute Gasteiger partial charge is 0.223 e. The highest BCUT2D eigenvalue weighted by Gasteiger charge is 2.17. The minimum absolute atomic E-state index is 0.228. The molecule has 0 aliphatic heterocycles. The summed E-state index contributed by atoms with van der Waals surface area (Å²) in [6.07, 6.45) is 2.13. The number of fused-ring (bicyclic) bond motifs is 1. The number of nitrogen functional groups attached to an aromatic ring is 1. The van der Waals surface area contributed by atoms with Crippen LogP contribution in [0.15, 0.2) is 29.3 Å². The average molecular weight is 313 g/mol. The molecule has 6 heteroatoms. The Kier molecular flexibility index (Phi) is 4.02. The van der Waals surface area contributed by atoms with Crippen molar-refractivity contribution in [3.8, 4) is 11.3 Å². The Morgan fingerprint density at radius 1 is 1.27 bits per heavy atom. The summed E-state index contributed by atoms with van der Waals surface area (Å²) >= 11 is 4.49. The third-order valence-corrected chi connectivity index (χ3v) is 3.93. The van der Waals surface area contributed by atoms with Gasteiger partial charge >= 0.3 is 0 Å². The molecule has 0 amide bonds. The highest BCUT2D eigenvalue weighted by molar-refractivity contribution is 7.80. The molecule has 3 aromatic rings. The number of rotatable bonds is 4. The molecule has 1 aromatic carbocycles. The molecule has 0 saturated heterocycles. The van der Waals surface area contributed by atoms with Crippen LogP contribution >= 0.6 is 12.6 Å². The van der Waals surface area contributed by atoms with Crippen molar-refractivity contribution in [1.82, 2.24) is 19.7 Å². The van der Waals surface area contributed by atoms with Crippen molar-refractivity contribution in [3.63, 3.8) is 0 Å². The highest BCUT2D eigenvalue weighted by Crippen LogP contribution is 2.31. The molecular weight excluding hydrogens is 294 g/mol. The second-order valence-corrected chi connectivity index (χ2v) is 5.82. The molecule has 0 atom stereocenters. The van der Waals surface area contributed by atoms with Crippen LogP contribution < -0.4 is 5.73 Å². The first-order valence-corrected chi connectivity index (χ1v) is 7.85. The van der Waals surface area contributed by atoms with Gasteiger partial charge in [-0.15, -0.1) is 12.6 Å². The van der Waals surface area contributed by atoms with Crippen LogP contribution in [0.3, 0.4) is 0 Å². The first-order chi connectivity index (χ1) is 10.6. The number of nitrogens with zero attached hydrogens (tertiary/aromatic N) is 4. The predicted molar refractivity (Wildman–Crippen MR) is 92.1 cm³/mol. The summed E-state index contributed by atoms with van der Waals surface area (Å²) < 4.78 is 1.91. The molecule has 22 heavy (non-hydrogen) atoms. The summed E-state index contributed by atoms with van der Waals surface area (Å²) in [4.78, 5) is 8.56. The Balaban J connectivity index is 2.26. The molecule has 0 unspecified atom stereocenters. The normalized spacial score (nSPS) is 11.2. The quantitative estimate of drug-likeness (QED) is 0.571. The van der Waals surface area contributed by atoms with Crippen LogP contribution in [0.1, 0.15) is 25.3 Å². The maximum Gasteiger partial charge on any atom is 0.223 e. The summed E-state index contributed by atoms with van der Waals surface area (Å²) in [6.45, 7) is 5.03. The van der Waals surface area contributed by atoms with E-state index in [0.29, 0.717) is 5.03 Å². The number of aryl methyl sites for hydroxylation is 2. The summed E-state index contributed by atoms with van der Waals surface area (Å²) in [5.41, 5.74) is 9.63. The molecule has 0 saturated carbocycles. The second-order valence-electron chi connectivity index (χ2n) is 5.40. The van der Waals surface area contributed by atoms with Gasteiger partial charge in [0.05, 0.1) is 5.39 Å². The van der Waals surface area contributed by atoms with E-state index in [-0.39, 0.29) is 5.95 Å². The first kappa shape index (κ1) is 14.8. The summed E-state index contributed by atoms with van der Waals surface area (Å²) in [5, 5.41) is 6.18. The second kappa shape index (κ2) is 5.96. The van der Waals surface area contributed by atoms with E-state index in [4.69, 9.17) is 10.8 Å². The Morgan fingerprint density at radius 2 is 2.09 bits per heavy atom. The predicted octanol–water partition coefficient (Wildman–Crippen LogP) is 3.47. The minimum atomic E-state index is 0.228. The molecule has 3 rings (SSSR count). The number of benzene rings is 1. The van der Waals surface area contributed by atoms with Crippen molar-refractivity contribution in [2.24, 2.45) is 0 Å². The summed E-state index contributed by atoms with van der Waals surface area (Å²) in [5.74, 6) is 0.228. The molecule has 0 fully saturated rings. The fourth-order valence-electron chi connectivity index (χ4n) is 2.53. The Bertz CT molecular complexity index is 825. The van der Waals surface area contributed by atoms with E-state index in [1.54, 1.807) is 0 Å². The van der Waals surface area contributed by atoms with Gasteiger partial charge in [0.1, 0.15) is 10.7 Å². The maximum atomic E-state index is 5.78. The maximum absolute atomic E-state index is 5.78. The van der Waals surface area contributed by atoms with Crippen LogP contribution in [0.25, 0.3) is 22.3 Å². The van der Waals surface area contributed by atoms with Gasteiger partial charge in [-0.05, 0) is 19.4 Å². The van der Waals surface area contributed by atoms with Gasteiger partial charge in [-0.2, -0.15) is 10.1 Å². The lowest BCUT2D eigenvalue weighted by Crippen LogP contribution is -2.03. The van der Waals surface area contributed by atoms with Crippen LogP contribution in [0.4, 0.5) is 5.95 Å². The van der Waals surface area contributed by atoms with Crippen LogP contribution in [-0.2, 0) is 6.54 Å². The number of anilines is 1. The molecule has 2 aromatic heterocycles. The van der Waals surface area contributed by atoms with Gasteiger partial charge in [-0.3, -0.25) is 0 Å². The Morgan fingerprint density at radius 3 is 2.82 bits per heavy atom. The number of thiol groups is 1. The number of hydrogen-bond donors (Lipinski definition) is 2. The van der Waals surface area contributed by atoms with Gasteiger partial charge in [0.2, 0.25) is 5.95 Å². The monoisotopic (exact) mass is 313 g/mol. The first-order valence-electron chi connectivity index (χ1n) is 7.40. The number of nitrogens with two attached hydrogens (primary N) is 1. The zero-order valence-electron chi connectivity index (χ0n) is 12.7. The van der Waals surface area contributed by atoms with Crippen molar-refractivity contribution in [2.75, 3.05) is 5.73 Å². The third-order valence-electron chi connectivity index (χ3n) is 3.61. The summed E-state index contributed by atoms with van der Waals surface area (Å²) in [6, 6.07) is 8.24.